The molecular formula is C13H20IN3O. The van der Waals surface area contributed by atoms with Crippen LogP contribution < -0.4 is 5.73 Å². The first-order valence-electron chi connectivity index (χ1n) is 6.59. The van der Waals surface area contributed by atoms with Crippen molar-refractivity contribution in [3.63, 3.8) is 0 Å². The fourth-order valence-corrected chi connectivity index (χ4v) is 3.23. The van der Waals surface area contributed by atoms with E-state index in [2.05, 4.69) is 34.5 Å². The standard InChI is InChI=1S/C13H20IN3O/c1-3-9-10(14)11(15)17-12(16-9)13(18-4-2)7-5-6-8-13/h3-8H2,1-2H3,(H2,15,16,17). The summed E-state index contributed by atoms with van der Waals surface area (Å²) < 4.78 is 6.96. The molecule has 2 rings (SSSR count). The number of anilines is 1. The maximum Gasteiger partial charge on any atom is 0.162 e. The molecule has 4 nitrogen and oxygen atoms in total. The molecule has 0 amide bonds. The number of nitrogen functional groups attached to an aromatic ring is 1. The Morgan fingerprint density at radius 2 is 1.94 bits per heavy atom. The Morgan fingerprint density at radius 1 is 1.28 bits per heavy atom. The van der Waals surface area contributed by atoms with Crippen molar-refractivity contribution in [1.29, 1.82) is 0 Å². The van der Waals surface area contributed by atoms with Gasteiger partial charge in [-0.15, -0.1) is 0 Å². The maximum absolute atomic E-state index is 6.01. The Hall–Kier alpha value is -0.430. The molecule has 0 spiro atoms. The molecule has 1 heterocycles. The number of aromatic nitrogens is 2. The van der Waals surface area contributed by atoms with E-state index in [1.165, 1.54) is 12.8 Å². The summed E-state index contributed by atoms with van der Waals surface area (Å²) in [7, 11) is 0. The summed E-state index contributed by atoms with van der Waals surface area (Å²) in [6, 6.07) is 0. The Balaban J connectivity index is 2.45. The van der Waals surface area contributed by atoms with E-state index in [1.807, 2.05) is 6.92 Å². The van der Waals surface area contributed by atoms with E-state index in [4.69, 9.17) is 15.5 Å². The lowest BCUT2D eigenvalue weighted by atomic mass is 10.0. The van der Waals surface area contributed by atoms with Crippen LogP contribution in [0, 0.1) is 3.57 Å². The Bertz CT molecular complexity index is 430. The van der Waals surface area contributed by atoms with Gasteiger partial charge < -0.3 is 10.5 Å². The van der Waals surface area contributed by atoms with Crippen molar-refractivity contribution < 1.29 is 4.74 Å². The number of aryl methyl sites for hydroxylation is 1. The van der Waals surface area contributed by atoms with Crippen molar-refractivity contribution in [3.05, 3.63) is 15.1 Å². The van der Waals surface area contributed by atoms with Crippen molar-refractivity contribution in [1.82, 2.24) is 9.97 Å². The van der Waals surface area contributed by atoms with Gasteiger partial charge in [-0.25, -0.2) is 9.97 Å². The summed E-state index contributed by atoms with van der Waals surface area (Å²) in [5, 5.41) is 0. The molecule has 0 saturated heterocycles. The number of nitrogens with zero attached hydrogens (tertiary/aromatic N) is 2. The molecule has 1 saturated carbocycles. The third-order valence-corrected chi connectivity index (χ3v) is 4.69. The summed E-state index contributed by atoms with van der Waals surface area (Å²) >= 11 is 2.22. The van der Waals surface area contributed by atoms with Crippen LogP contribution in [0.4, 0.5) is 5.82 Å². The van der Waals surface area contributed by atoms with Crippen LogP contribution in [0.3, 0.4) is 0 Å². The highest BCUT2D eigenvalue weighted by molar-refractivity contribution is 14.1. The summed E-state index contributed by atoms with van der Waals surface area (Å²) in [6.45, 7) is 4.81. The van der Waals surface area contributed by atoms with Crippen LogP contribution in [-0.2, 0) is 16.8 Å². The number of rotatable bonds is 4. The van der Waals surface area contributed by atoms with E-state index in [-0.39, 0.29) is 5.60 Å². The first kappa shape index (κ1) is 14.0. The number of ether oxygens (including phenoxy) is 1. The summed E-state index contributed by atoms with van der Waals surface area (Å²) in [5.41, 5.74) is 6.74. The van der Waals surface area contributed by atoms with Gasteiger partial charge in [-0.1, -0.05) is 6.92 Å². The first-order valence-corrected chi connectivity index (χ1v) is 7.67. The second-order valence-electron chi connectivity index (χ2n) is 4.68. The third kappa shape index (κ3) is 2.47. The van der Waals surface area contributed by atoms with Crippen LogP contribution in [0.15, 0.2) is 0 Å². The van der Waals surface area contributed by atoms with E-state index in [1.54, 1.807) is 0 Å². The summed E-state index contributed by atoms with van der Waals surface area (Å²) in [6.07, 6.45) is 5.24. The maximum atomic E-state index is 6.01. The molecule has 0 bridgehead atoms. The second-order valence-corrected chi connectivity index (χ2v) is 5.76. The number of hydrogen-bond acceptors (Lipinski definition) is 4. The quantitative estimate of drug-likeness (QED) is 0.838. The largest absolute Gasteiger partial charge is 0.383 e. The van der Waals surface area contributed by atoms with Gasteiger partial charge in [0.25, 0.3) is 0 Å². The molecular weight excluding hydrogens is 341 g/mol. The minimum atomic E-state index is -0.295. The molecule has 0 radical (unpaired) electrons. The van der Waals surface area contributed by atoms with Crippen molar-refractivity contribution in [2.45, 2.75) is 51.6 Å². The van der Waals surface area contributed by atoms with Gasteiger partial charge in [0.1, 0.15) is 11.4 Å². The fourth-order valence-electron chi connectivity index (χ4n) is 2.61. The zero-order chi connectivity index (χ0) is 13.2. The molecule has 0 atom stereocenters. The lowest BCUT2D eigenvalue weighted by Crippen LogP contribution is -2.30. The van der Waals surface area contributed by atoms with Crippen molar-refractivity contribution in [2.75, 3.05) is 12.3 Å². The Labute approximate surface area is 122 Å². The highest BCUT2D eigenvalue weighted by Crippen LogP contribution is 2.41. The van der Waals surface area contributed by atoms with Gasteiger partial charge in [0.05, 0.1) is 9.26 Å². The highest BCUT2D eigenvalue weighted by atomic mass is 127. The van der Waals surface area contributed by atoms with Crippen LogP contribution in [0.2, 0.25) is 0 Å². The average Bonchev–Trinajstić information content (AvgIpc) is 2.82. The fraction of sp³-hybridized carbons (Fsp3) is 0.692. The summed E-state index contributed by atoms with van der Waals surface area (Å²) in [4.78, 5) is 9.19. The molecule has 1 aliphatic rings. The minimum Gasteiger partial charge on any atom is -0.383 e. The van der Waals surface area contributed by atoms with Crippen LogP contribution in [0.5, 0.6) is 0 Å². The average molecular weight is 361 g/mol. The van der Waals surface area contributed by atoms with Crippen LogP contribution in [0.1, 0.15) is 51.0 Å². The first-order chi connectivity index (χ1) is 8.63. The van der Waals surface area contributed by atoms with Crippen LogP contribution in [-0.4, -0.2) is 16.6 Å². The molecule has 100 valence electrons. The third-order valence-electron chi connectivity index (χ3n) is 3.52. The highest BCUT2D eigenvalue weighted by Gasteiger charge is 2.39. The molecule has 1 fully saturated rings. The Morgan fingerprint density at radius 3 is 2.50 bits per heavy atom. The number of halogens is 1. The molecule has 0 unspecified atom stereocenters. The van der Waals surface area contributed by atoms with E-state index in [9.17, 15) is 0 Å². The van der Waals surface area contributed by atoms with Crippen LogP contribution in [0.25, 0.3) is 0 Å². The van der Waals surface area contributed by atoms with Crippen molar-refractivity contribution in [2.24, 2.45) is 0 Å². The van der Waals surface area contributed by atoms with Crippen LogP contribution >= 0.6 is 22.6 Å². The lowest BCUT2D eigenvalue weighted by molar-refractivity contribution is -0.0457. The smallest absolute Gasteiger partial charge is 0.162 e. The zero-order valence-corrected chi connectivity index (χ0v) is 13.2. The van der Waals surface area contributed by atoms with Gasteiger partial charge in [0.2, 0.25) is 0 Å². The van der Waals surface area contributed by atoms with Crippen molar-refractivity contribution >= 4 is 28.4 Å². The van der Waals surface area contributed by atoms with E-state index >= 15 is 0 Å². The predicted molar refractivity (Wildman–Crippen MR) is 80.3 cm³/mol. The van der Waals surface area contributed by atoms with E-state index < -0.39 is 0 Å². The SMILES string of the molecule is CCOC1(c2nc(N)c(I)c(CC)n2)CCCC1. The molecule has 0 aromatic carbocycles. The zero-order valence-electron chi connectivity index (χ0n) is 11.0. The van der Waals surface area contributed by atoms with E-state index in [0.29, 0.717) is 12.4 Å². The molecule has 2 N–H and O–H groups in total. The Kier molecular flexibility index (Phi) is 4.42. The normalized spacial score (nSPS) is 18.2. The number of nitrogens with two attached hydrogens (primary N) is 1. The lowest BCUT2D eigenvalue weighted by Gasteiger charge is -2.28. The van der Waals surface area contributed by atoms with Gasteiger partial charge >= 0.3 is 0 Å². The van der Waals surface area contributed by atoms with Gasteiger partial charge in [-0.05, 0) is 61.6 Å². The summed E-state index contributed by atoms with van der Waals surface area (Å²) in [5.74, 6) is 1.38. The molecule has 5 heteroatoms. The topological polar surface area (TPSA) is 61.0 Å². The van der Waals surface area contributed by atoms with E-state index in [0.717, 1.165) is 34.4 Å². The van der Waals surface area contributed by atoms with Gasteiger partial charge in [0, 0.05) is 6.61 Å². The molecule has 0 aliphatic heterocycles. The minimum absolute atomic E-state index is 0.295. The van der Waals surface area contributed by atoms with Gasteiger partial charge in [-0.2, -0.15) is 0 Å². The van der Waals surface area contributed by atoms with Crippen molar-refractivity contribution in [3.8, 4) is 0 Å². The molecule has 1 aromatic rings. The molecule has 18 heavy (non-hydrogen) atoms. The van der Waals surface area contributed by atoms with Gasteiger partial charge in [-0.3, -0.25) is 0 Å². The number of hydrogen-bond donors (Lipinski definition) is 1. The molecule has 1 aliphatic carbocycles. The predicted octanol–water partition coefficient (Wildman–Crippen LogP) is 3.03. The monoisotopic (exact) mass is 361 g/mol. The second kappa shape index (κ2) is 5.69. The molecule has 1 aromatic heterocycles. The van der Waals surface area contributed by atoms with Gasteiger partial charge in [0.15, 0.2) is 5.82 Å².